The molecule has 1 aromatic heterocycles. The van der Waals surface area contributed by atoms with Crippen LogP contribution in [0.2, 0.25) is 0 Å². The molecule has 4 atom stereocenters. The lowest BCUT2D eigenvalue weighted by atomic mass is 10.1. The number of thioether (sulfide) groups is 1. The van der Waals surface area contributed by atoms with E-state index in [-0.39, 0.29) is 19.3 Å². The molecule has 1 heterocycles. The van der Waals surface area contributed by atoms with Gasteiger partial charge in [0.25, 0.3) is 0 Å². The number of nitrogens with two attached hydrogens (primary N) is 2. The minimum atomic E-state index is -1.39. The highest BCUT2D eigenvalue weighted by molar-refractivity contribution is 7.98. The second kappa shape index (κ2) is 16.5. The van der Waals surface area contributed by atoms with Crippen LogP contribution in [0.25, 0.3) is 0 Å². The smallest absolute Gasteiger partial charge is 0.326 e. The van der Waals surface area contributed by atoms with Crippen LogP contribution in [0.15, 0.2) is 12.5 Å². The fourth-order valence-corrected chi connectivity index (χ4v) is 3.66. The van der Waals surface area contributed by atoms with Crippen molar-refractivity contribution >= 4 is 41.4 Å². The molecule has 0 saturated carbocycles. The van der Waals surface area contributed by atoms with Crippen LogP contribution in [0.4, 0.5) is 0 Å². The number of H-pyrrole nitrogens is 1. The summed E-state index contributed by atoms with van der Waals surface area (Å²) in [6.45, 7) is 0.395. The van der Waals surface area contributed by atoms with Gasteiger partial charge in [-0.2, -0.15) is 11.8 Å². The summed E-state index contributed by atoms with van der Waals surface area (Å²) in [6, 6.07) is -4.82. The predicted molar refractivity (Wildman–Crippen MR) is 132 cm³/mol. The molecule has 0 fully saturated rings. The van der Waals surface area contributed by atoms with E-state index < -0.39 is 60.2 Å². The van der Waals surface area contributed by atoms with Gasteiger partial charge in [-0.1, -0.05) is 0 Å². The zero-order valence-corrected chi connectivity index (χ0v) is 20.9. The van der Waals surface area contributed by atoms with Gasteiger partial charge in [0.05, 0.1) is 18.8 Å². The van der Waals surface area contributed by atoms with Crippen molar-refractivity contribution in [1.82, 2.24) is 25.9 Å². The van der Waals surface area contributed by atoms with Crippen molar-refractivity contribution in [3.8, 4) is 0 Å². The van der Waals surface area contributed by atoms with E-state index in [2.05, 4.69) is 25.9 Å². The van der Waals surface area contributed by atoms with Crippen LogP contribution in [0.5, 0.6) is 0 Å². The van der Waals surface area contributed by atoms with Gasteiger partial charge in [-0.25, -0.2) is 9.78 Å². The highest BCUT2D eigenvalue weighted by Crippen LogP contribution is 2.07. The molecule has 0 aromatic carbocycles. The number of carboxylic acid groups (broad SMARTS) is 2. The van der Waals surface area contributed by atoms with E-state index >= 15 is 0 Å². The van der Waals surface area contributed by atoms with Crippen molar-refractivity contribution in [3.63, 3.8) is 0 Å². The zero-order valence-electron chi connectivity index (χ0n) is 20.1. The highest BCUT2D eigenvalue weighted by Gasteiger charge is 2.30. The van der Waals surface area contributed by atoms with E-state index in [9.17, 15) is 29.1 Å². The van der Waals surface area contributed by atoms with Crippen molar-refractivity contribution in [2.45, 2.75) is 62.7 Å². The molecule has 4 unspecified atom stereocenters. The molecule has 0 aliphatic carbocycles. The van der Waals surface area contributed by atoms with E-state index in [0.29, 0.717) is 30.8 Å². The topological polar surface area (TPSA) is 243 Å². The van der Waals surface area contributed by atoms with Crippen molar-refractivity contribution < 1.29 is 34.2 Å². The van der Waals surface area contributed by atoms with Gasteiger partial charge in [0, 0.05) is 18.3 Å². The largest absolute Gasteiger partial charge is 0.481 e. The van der Waals surface area contributed by atoms with Gasteiger partial charge in [-0.3, -0.25) is 19.2 Å². The van der Waals surface area contributed by atoms with Crippen LogP contribution in [-0.2, 0) is 30.4 Å². The first-order valence-electron chi connectivity index (χ1n) is 11.4. The zero-order chi connectivity index (χ0) is 27.1. The Morgan fingerprint density at radius 1 is 1.00 bits per heavy atom. The summed E-state index contributed by atoms with van der Waals surface area (Å²) >= 11 is 1.43. The van der Waals surface area contributed by atoms with Gasteiger partial charge in [0.2, 0.25) is 17.7 Å². The number of carbonyl (C=O) groups excluding carboxylic acids is 3. The lowest BCUT2D eigenvalue weighted by molar-refractivity contribution is -0.142. The van der Waals surface area contributed by atoms with E-state index in [1.54, 1.807) is 0 Å². The Morgan fingerprint density at radius 2 is 1.64 bits per heavy atom. The summed E-state index contributed by atoms with van der Waals surface area (Å²) in [5.74, 6) is -4.24. The number of imidazole rings is 1. The quantitative estimate of drug-likeness (QED) is 0.0983. The SMILES string of the molecule is CSCCC(NC(=O)C(Cc1cnc[nH]1)NC(=O)C(N)CC(=O)O)C(=O)NC(CCCCN)C(=O)O. The third-order valence-corrected chi connectivity index (χ3v) is 5.79. The number of aromatic amines is 1. The number of aromatic nitrogens is 2. The van der Waals surface area contributed by atoms with E-state index in [4.69, 9.17) is 16.6 Å². The van der Waals surface area contributed by atoms with Gasteiger partial charge in [0.15, 0.2) is 0 Å². The van der Waals surface area contributed by atoms with Crippen LogP contribution < -0.4 is 27.4 Å². The maximum Gasteiger partial charge on any atom is 0.326 e. The predicted octanol–water partition coefficient (Wildman–Crippen LogP) is -1.82. The molecule has 202 valence electrons. The molecular formula is C21H35N7O7S. The molecule has 3 amide bonds. The summed E-state index contributed by atoms with van der Waals surface area (Å²) < 4.78 is 0. The molecule has 1 aromatic rings. The first-order valence-corrected chi connectivity index (χ1v) is 12.8. The molecule has 0 radical (unpaired) electrons. The van der Waals surface area contributed by atoms with Crippen molar-refractivity contribution in [3.05, 3.63) is 18.2 Å². The molecule has 0 spiro atoms. The number of rotatable bonds is 18. The first-order chi connectivity index (χ1) is 17.1. The van der Waals surface area contributed by atoms with E-state index in [0.717, 1.165) is 0 Å². The lowest BCUT2D eigenvalue weighted by Crippen LogP contribution is -2.57. The number of carbonyl (C=O) groups is 5. The Balaban J connectivity index is 3.00. The maximum absolute atomic E-state index is 13.1. The van der Waals surface area contributed by atoms with Gasteiger partial charge in [-0.05, 0) is 44.2 Å². The van der Waals surface area contributed by atoms with Crippen LogP contribution in [0.1, 0.15) is 37.8 Å². The second-order valence-electron chi connectivity index (χ2n) is 8.07. The lowest BCUT2D eigenvalue weighted by Gasteiger charge is -2.25. The minimum absolute atomic E-state index is 0.0366. The molecule has 0 bridgehead atoms. The fraction of sp³-hybridized carbons (Fsp3) is 0.619. The molecule has 10 N–H and O–H groups in total. The summed E-state index contributed by atoms with van der Waals surface area (Å²) in [5, 5.41) is 25.8. The number of carboxylic acids is 2. The van der Waals surface area contributed by atoms with E-state index in [1.165, 1.54) is 24.3 Å². The molecule has 1 rings (SSSR count). The van der Waals surface area contributed by atoms with Crippen LogP contribution in [0.3, 0.4) is 0 Å². The Hall–Kier alpha value is -3.17. The van der Waals surface area contributed by atoms with Crippen LogP contribution in [0, 0.1) is 0 Å². The Labute approximate surface area is 212 Å². The molecule has 36 heavy (non-hydrogen) atoms. The third kappa shape index (κ3) is 11.5. The summed E-state index contributed by atoms with van der Waals surface area (Å²) in [5.41, 5.74) is 11.6. The second-order valence-corrected chi connectivity index (χ2v) is 9.06. The molecule has 0 aliphatic heterocycles. The minimum Gasteiger partial charge on any atom is -0.481 e. The Morgan fingerprint density at radius 3 is 2.19 bits per heavy atom. The molecule has 0 saturated heterocycles. The maximum atomic E-state index is 13.1. The third-order valence-electron chi connectivity index (χ3n) is 5.15. The van der Waals surface area contributed by atoms with E-state index in [1.807, 2.05) is 6.26 Å². The number of hydrogen-bond acceptors (Lipinski definition) is 9. The molecule has 15 heteroatoms. The summed E-state index contributed by atoms with van der Waals surface area (Å²) in [7, 11) is 0. The average molecular weight is 530 g/mol. The highest BCUT2D eigenvalue weighted by atomic mass is 32.2. The number of hydrogen-bond donors (Lipinski definition) is 8. The average Bonchev–Trinajstić information content (AvgIpc) is 3.33. The summed E-state index contributed by atoms with van der Waals surface area (Å²) in [4.78, 5) is 67.6. The number of nitrogens with one attached hydrogen (secondary N) is 4. The monoisotopic (exact) mass is 529 g/mol. The number of nitrogens with zero attached hydrogens (tertiary/aromatic N) is 1. The number of unbranched alkanes of at least 4 members (excludes halogenated alkanes) is 1. The number of amides is 3. The molecular weight excluding hydrogens is 494 g/mol. The van der Waals surface area contributed by atoms with Crippen LogP contribution in [-0.4, -0.2) is 92.6 Å². The standard InChI is InChI=1S/C21H35N7O7S/c1-36-7-5-14(19(32)27-15(21(34)35)4-2-3-6-22)26-20(33)16(8-12-10-24-11-25-12)28-18(31)13(23)9-17(29)30/h10-11,13-16H,2-9,22-23H2,1H3,(H,24,25)(H,26,33)(H,27,32)(H,28,31)(H,29,30)(H,34,35). The van der Waals surface area contributed by atoms with Crippen molar-refractivity contribution in [2.75, 3.05) is 18.6 Å². The Bertz CT molecular complexity index is 869. The first kappa shape index (κ1) is 30.9. The molecule has 0 aliphatic rings. The normalized spacial score (nSPS) is 14.2. The number of aliphatic carboxylic acids is 2. The van der Waals surface area contributed by atoms with Crippen molar-refractivity contribution in [1.29, 1.82) is 0 Å². The van der Waals surface area contributed by atoms with Gasteiger partial charge in [-0.15, -0.1) is 0 Å². The van der Waals surface area contributed by atoms with Crippen molar-refractivity contribution in [2.24, 2.45) is 11.5 Å². The van der Waals surface area contributed by atoms with Gasteiger partial charge >= 0.3 is 11.9 Å². The van der Waals surface area contributed by atoms with Gasteiger partial charge in [0.1, 0.15) is 18.1 Å². The summed E-state index contributed by atoms with van der Waals surface area (Å²) in [6.07, 6.45) is 5.46. The van der Waals surface area contributed by atoms with Crippen LogP contribution >= 0.6 is 11.8 Å². The molecule has 14 nitrogen and oxygen atoms in total. The van der Waals surface area contributed by atoms with Gasteiger partial charge < -0.3 is 42.6 Å². The Kier molecular flexibility index (Phi) is 14.1. The fourth-order valence-electron chi connectivity index (χ4n) is 3.18.